The third-order valence-corrected chi connectivity index (χ3v) is 4.41. The lowest BCUT2D eigenvalue weighted by Crippen LogP contribution is -2.50. The van der Waals surface area contributed by atoms with Gasteiger partial charge in [-0.2, -0.15) is 0 Å². The Hall–Kier alpha value is -2.58. The number of hydrogen-bond donors (Lipinski definition) is 2. The van der Waals surface area contributed by atoms with E-state index in [0.29, 0.717) is 25.4 Å². The molecule has 0 saturated carbocycles. The van der Waals surface area contributed by atoms with Crippen molar-refractivity contribution in [3.8, 4) is 5.75 Å². The highest BCUT2D eigenvalue weighted by Gasteiger charge is 2.31. The number of methoxy groups -OCH3 is 1. The zero-order valence-corrected chi connectivity index (χ0v) is 15.3. The van der Waals surface area contributed by atoms with E-state index >= 15 is 0 Å². The second-order valence-corrected chi connectivity index (χ2v) is 5.83. The molecule has 1 aliphatic rings. The second-order valence-electron chi connectivity index (χ2n) is 5.83. The molecule has 1 aromatic heterocycles. The number of rotatable bonds is 3. The Bertz CT molecular complexity index is 908. The fraction of sp³-hybridized carbons (Fsp3) is 0.353. The van der Waals surface area contributed by atoms with Crippen molar-refractivity contribution in [3.63, 3.8) is 0 Å². The second kappa shape index (κ2) is 8.20. The molecule has 140 valence electrons. The highest BCUT2D eigenvalue weighted by molar-refractivity contribution is 5.94. The Morgan fingerprint density at radius 3 is 2.73 bits per heavy atom. The molecule has 1 aromatic carbocycles. The monoisotopic (exact) mass is 380 g/mol. The normalized spacial score (nSPS) is 16.7. The summed E-state index contributed by atoms with van der Waals surface area (Å²) in [6.07, 6.45) is 1.19. The summed E-state index contributed by atoms with van der Waals surface area (Å²) >= 11 is 0. The van der Waals surface area contributed by atoms with E-state index in [4.69, 9.17) is 4.74 Å². The maximum Gasteiger partial charge on any atom is 0.328 e. The van der Waals surface area contributed by atoms with E-state index in [1.807, 2.05) is 24.3 Å². The maximum atomic E-state index is 13.0. The smallest absolute Gasteiger partial charge is 0.328 e. The predicted molar refractivity (Wildman–Crippen MR) is 99.2 cm³/mol. The molecule has 2 N–H and O–H groups in total. The summed E-state index contributed by atoms with van der Waals surface area (Å²) in [5.41, 5.74) is -0.343. The quantitative estimate of drug-likeness (QED) is 0.798. The first kappa shape index (κ1) is 19.7. The minimum atomic E-state index is -0.606. The maximum absolute atomic E-state index is 13.0. The molecular weight excluding hydrogens is 360 g/mol. The lowest BCUT2D eigenvalue weighted by atomic mass is 10.0. The van der Waals surface area contributed by atoms with Crippen molar-refractivity contribution in [2.45, 2.75) is 6.04 Å². The van der Waals surface area contributed by atoms with Gasteiger partial charge in [0.25, 0.3) is 11.5 Å². The average Bonchev–Trinajstić information content (AvgIpc) is 2.65. The molecule has 1 amide bonds. The number of carbonyl (C=O) groups excluding carboxylic acids is 1. The summed E-state index contributed by atoms with van der Waals surface area (Å²) in [7, 11) is 2.92. The van der Waals surface area contributed by atoms with E-state index in [9.17, 15) is 14.4 Å². The molecule has 1 unspecified atom stereocenters. The van der Waals surface area contributed by atoms with Crippen LogP contribution in [0.4, 0.5) is 0 Å². The number of para-hydroxylation sites is 1. The summed E-state index contributed by atoms with van der Waals surface area (Å²) in [5, 5.41) is 3.27. The molecule has 0 aliphatic carbocycles. The van der Waals surface area contributed by atoms with Gasteiger partial charge in [0.15, 0.2) is 0 Å². The zero-order valence-electron chi connectivity index (χ0n) is 14.5. The van der Waals surface area contributed by atoms with Crippen molar-refractivity contribution in [2.75, 3.05) is 26.7 Å². The van der Waals surface area contributed by atoms with E-state index in [-0.39, 0.29) is 24.0 Å². The van der Waals surface area contributed by atoms with Crippen LogP contribution in [0.2, 0.25) is 0 Å². The van der Waals surface area contributed by atoms with Crippen LogP contribution in [-0.4, -0.2) is 47.1 Å². The van der Waals surface area contributed by atoms with E-state index in [1.54, 1.807) is 12.0 Å². The van der Waals surface area contributed by atoms with Gasteiger partial charge >= 0.3 is 5.69 Å². The molecule has 0 spiro atoms. The molecule has 0 bridgehead atoms. The third kappa shape index (κ3) is 3.51. The van der Waals surface area contributed by atoms with Gasteiger partial charge in [0.2, 0.25) is 0 Å². The first-order valence-electron chi connectivity index (χ1n) is 7.98. The van der Waals surface area contributed by atoms with E-state index < -0.39 is 17.2 Å². The van der Waals surface area contributed by atoms with E-state index in [0.717, 1.165) is 10.1 Å². The fourth-order valence-corrected chi connectivity index (χ4v) is 3.04. The van der Waals surface area contributed by atoms with Crippen LogP contribution in [0.3, 0.4) is 0 Å². The average molecular weight is 381 g/mol. The van der Waals surface area contributed by atoms with Crippen LogP contribution >= 0.6 is 12.4 Å². The number of H-pyrrole nitrogens is 1. The fourth-order valence-electron chi connectivity index (χ4n) is 3.04. The lowest BCUT2D eigenvalue weighted by Gasteiger charge is -2.37. The van der Waals surface area contributed by atoms with Gasteiger partial charge in [-0.05, 0) is 6.07 Å². The van der Waals surface area contributed by atoms with Gasteiger partial charge in [0.05, 0.1) is 13.2 Å². The molecule has 0 radical (unpaired) electrons. The number of benzene rings is 1. The van der Waals surface area contributed by atoms with Crippen LogP contribution in [0.5, 0.6) is 5.75 Å². The lowest BCUT2D eigenvalue weighted by molar-refractivity contribution is 0.0628. The number of amides is 1. The van der Waals surface area contributed by atoms with Gasteiger partial charge in [-0.3, -0.25) is 14.2 Å². The summed E-state index contributed by atoms with van der Waals surface area (Å²) < 4.78 is 6.31. The summed E-state index contributed by atoms with van der Waals surface area (Å²) in [6, 6.07) is 7.22. The van der Waals surface area contributed by atoms with Crippen molar-refractivity contribution in [2.24, 2.45) is 7.05 Å². The Labute approximate surface area is 156 Å². The molecule has 1 fully saturated rings. The van der Waals surface area contributed by atoms with Crippen LogP contribution in [0.1, 0.15) is 22.0 Å². The predicted octanol–water partition coefficient (Wildman–Crippen LogP) is 0.291. The van der Waals surface area contributed by atoms with Gasteiger partial charge < -0.3 is 19.9 Å². The van der Waals surface area contributed by atoms with Gasteiger partial charge in [0, 0.05) is 38.4 Å². The van der Waals surface area contributed by atoms with Crippen LogP contribution in [0.15, 0.2) is 40.1 Å². The van der Waals surface area contributed by atoms with Crippen molar-refractivity contribution in [3.05, 3.63) is 62.4 Å². The third-order valence-electron chi connectivity index (χ3n) is 4.41. The largest absolute Gasteiger partial charge is 0.496 e. The molecule has 1 aliphatic heterocycles. The number of halogens is 1. The first-order chi connectivity index (χ1) is 12.0. The molecule has 8 nitrogen and oxygen atoms in total. The highest BCUT2D eigenvalue weighted by Crippen LogP contribution is 2.30. The van der Waals surface area contributed by atoms with Crippen LogP contribution in [-0.2, 0) is 7.05 Å². The number of ether oxygens (including phenoxy) is 1. The topological polar surface area (TPSA) is 96.4 Å². The zero-order chi connectivity index (χ0) is 18.0. The van der Waals surface area contributed by atoms with Gasteiger partial charge in [-0.1, -0.05) is 18.2 Å². The van der Waals surface area contributed by atoms with Gasteiger partial charge in [0.1, 0.15) is 11.3 Å². The SMILES string of the molecule is COc1ccccc1C1CNCCN1C(=O)c1c[nH]c(=O)n(C)c1=O.Cl. The number of aromatic amines is 1. The van der Waals surface area contributed by atoms with E-state index in [1.165, 1.54) is 13.2 Å². The number of aromatic nitrogens is 2. The molecule has 1 atom stereocenters. The number of nitrogens with zero attached hydrogens (tertiary/aromatic N) is 2. The minimum Gasteiger partial charge on any atom is -0.496 e. The Kier molecular flexibility index (Phi) is 6.23. The molecule has 3 rings (SSSR count). The molecule has 2 heterocycles. The van der Waals surface area contributed by atoms with Crippen molar-refractivity contribution >= 4 is 18.3 Å². The van der Waals surface area contributed by atoms with Gasteiger partial charge in [-0.25, -0.2) is 4.79 Å². The highest BCUT2D eigenvalue weighted by atomic mass is 35.5. The number of piperazine rings is 1. The molecular formula is C17H21ClN4O4. The summed E-state index contributed by atoms with van der Waals surface area (Å²) in [5.74, 6) is 0.276. The van der Waals surface area contributed by atoms with Crippen LogP contribution < -0.4 is 21.3 Å². The number of hydrogen-bond acceptors (Lipinski definition) is 5. The summed E-state index contributed by atoms with van der Waals surface area (Å²) in [4.78, 5) is 40.9. The Morgan fingerprint density at radius 2 is 2.00 bits per heavy atom. The minimum absolute atomic E-state index is 0. The van der Waals surface area contributed by atoms with Crippen molar-refractivity contribution in [1.82, 2.24) is 19.8 Å². The number of nitrogens with one attached hydrogen (secondary N) is 2. The first-order valence-corrected chi connectivity index (χ1v) is 7.98. The van der Waals surface area contributed by atoms with Crippen LogP contribution in [0, 0.1) is 0 Å². The van der Waals surface area contributed by atoms with E-state index in [2.05, 4.69) is 10.3 Å². The summed E-state index contributed by atoms with van der Waals surface area (Å²) in [6.45, 7) is 1.63. The van der Waals surface area contributed by atoms with Crippen LogP contribution in [0.25, 0.3) is 0 Å². The number of carbonyl (C=O) groups is 1. The molecule has 9 heteroatoms. The Morgan fingerprint density at radius 1 is 1.27 bits per heavy atom. The van der Waals surface area contributed by atoms with Crippen molar-refractivity contribution < 1.29 is 9.53 Å². The van der Waals surface area contributed by atoms with Gasteiger partial charge in [-0.15, -0.1) is 12.4 Å². The Balaban J connectivity index is 0.00000243. The standard InChI is InChI=1S/C17H20N4O4.ClH/c1-20-15(22)12(9-19-17(20)24)16(23)21-8-7-18-10-13(21)11-5-3-4-6-14(11)25-2;/h3-6,9,13,18H,7-8,10H2,1-2H3,(H,19,24);1H. The molecule has 26 heavy (non-hydrogen) atoms. The van der Waals surface area contributed by atoms with Crippen molar-refractivity contribution in [1.29, 1.82) is 0 Å². The molecule has 2 aromatic rings. The molecule has 1 saturated heterocycles.